The Labute approximate surface area is 195 Å². The smallest absolute Gasteiger partial charge is 0.407 e. The number of carbonyl (C=O) groups excluding carboxylic acids is 3. The summed E-state index contributed by atoms with van der Waals surface area (Å²) >= 11 is 0. The zero-order valence-corrected chi connectivity index (χ0v) is 18.0. The lowest BCUT2D eigenvalue weighted by Gasteiger charge is -2.20. The predicted molar refractivity (Wildman–Crippen MR) is 123 cm³/mol. The van der Waals surface area contributed by atoms with Gasteiger partial charge in [-0.25, -0.2) is 4.79 Å². The van der Waals surface area contributed by atoms with E-state index in [1.165, 1.54) is 18.2 Å². The molecular formula is C26H22N2O6. The molecule has 5 rings (SSSR count). The van der Waals surface area contributed by atoms with Gasteiger partial charge in [-0.05, 0) is 39.9 Å². The van der Waals surface area contributed by atoms with Gasteiger partial charge in [0.1, 0.15) is 18.8 Å². The molecule has 2 unspecified atom stereocenters. The summed E-state index contributed by atoms with van der Waals surface area (Å²) in [6, 6.07) is 20.3. The van der Waals surface area contributed by atoms with Gasteiger partial charge in [0.2, 0.25) is 0 Å². The fraction of sp³-hybridized carbons (Fsp3) is 0.192. The van der Waals surface area contributed by atoms with Crippen LogP contribution in [0, 0.1) is 0 Å². The average molecular weight is 458 g/mol. The largest absolute Gasteiger partial charge is 0.449 e. The van der Waals surface area contributed by atoms with Crippen molar-refractivity contribution in [2.24, 2.45) is 0 Å². The number of carbonyl (C=O) groups is 3. The molecule has 1 heterocycles. The van der Waals surface area contributed by atoms with Gasteiger partial charge >= 0.3 is 6.09 Å². The molecule has 0 fully saturated rings. The molecule has 0 saturated heterocycles. The van der Waals surface area contributed by atoms with Crippen LogP contribution in [0.2, 0.25) is 0 Å². The van der Waals surface area contributed by atoms with Crippen molar-refractivity contribution in [2.45, 2.75) is 18.1 Å². The number of hydrogen-bond donors (Lipinski definition) is 4. The minimum atomic E-state index is -1.37. The Morgan fingerprint density at radius 1 is 0.941 bits per heavy atom. The van der Waals surface area contributed by atoms with Crippen LogP contribution < -0.4 is 10.6 Å². The highest BCUT2D eigenvalue weighted by atomic mass is 16.5. The molecule has 1 aliphatic carbocycles. The molecule has 0 saturated carbocycles. The first-order valence-corrected chi connectivity index (χ1v) is 10.9. The van der Waals surface area contributed by atoms with Crippen molar-refractivity contribution in [3.8, 4) is 11.1 Å². The van der Waals surface area contributed by atoms with E-state index in [-0.39, 0.29) is 30.2 Å². The summed E-state index contributed by atoms with van der Waals surface area (Å²) in [7, 11) is 0. The molecular weight excluding hydrogens is 436 g/mol. The summed E-state index contributed by atoms with van der Waals surface area (Å²) in [5, 5.41) is 25.7. The van der Waals surface area contributed by atoms with Gasteiger partial charge in [-0.3, -0.25) is 9.59 Å². The molecule has 0 bridgehead atoms. The predicted octanol–water partition coefficient (Wildman–Crippen LogP) is 2.75. The van der Waals surface area contributed by atoms with E-state index in [0.29, 0.717) is 5.69 Å². The molecule has 1 aliphatic heterocycles. The minimum Gasteiger partial charge on any atom is -0.449 e. The summed E-state index contributed by atoms with van der Waals surface area (Å²) in [6.07, 6.45) is -3.44. The summed E-state index contributed by atoms with van der Waals surface area (Å²) in [5.41, 5.74) is 5.17. The van der Waals surface area contributed by atoms with E-state index in [0.717, 1.165) is 22.3 Å². The molecule has 0 aromatic heterocycles. The van der Waals surface area contributed by atoms with Crippen LogP contribution in [0.3, 0.4) is 0 Å². The highest BCUT2D eigenvalue weighted by molar-refractivity contribution is 6.51. The number of aliphatic hydroxyl groups excluding tert-OH is 2. The number of hydrogen-bond acceptors (Lipinski definition) is 6. The Bertz CT molecular complexity index is 1260. The van der Waals surface area contributed by atoms with Crippen molar-refractivity contribution in [3.63, 3.8) is 0 Å². The third kappa shape index (κ3) is 3.83. The molecule has 34 heavy (non-hydrogen) atoms. The number of ketones is 1. The van der Waals surface area contributed by atoms with E-state index in [9.17, 15) is 24.6 Å². The van der Waals surface area contributed by atoms with Crippen LogP contribution in [0.25, 0.3) is 11.1 Å². The summed E-state index contributed by atoms with van der Waals surface area (Å²) < 4.78 is 5.43. The fourth-order valence-corrected chi connectivity index (χ4v) is 4.52. The molecule has 2 atom stereocenters. The third-order valence-electron chi connectivity index (χ3n) is 6.25. The number of rotatable bonds is 6. The molecule has 0 spiro atoms. The molecule has 8 nitrogen and oxygen atoms in total. The summed E-state index contributed by atoms with van der Waals surface area (Å²) in [5.74, 6) is -1.52. The molecule has 8 heteroatoms. The topological polar surface area (TPSA) is 125 Å². The number of anilines is 1. The van der Waals surface area contributed by atoms with E-state index in [4.69, 9.17) is 4.74 Å². The highest BCUT2D eigenvalue weighted by Gasteiger charge is 2.31. The summed E-state index contributed by atoms with van der Waals surface area (Å²) in [6.45, 7) is -0.132. The molecule has 0 radical (unpaired) electrons. The van der Waals surface area contributed by atoms with Crippen LogP contribution in [0.4, 0.5) is 10.5 Å². The maximum atomic E-state index is 12.3. The second-order valence-electron chi connectivity index (χ2n) is 8.31. The Balaban J connectivity index is 1.18. The Morgan fingerprint density at radius 2 is 1.59 bits per heavy atom. The normalized spacial score (nSPS) is 15.7. The van der Waals surface area contributed by atoms with E-state index >= 15 is 0 Å². The number of Topliss-reactive ketones (excluding diaryl/α,β-unsaturated/α-hetero) is 1. The second kappa shape index (κ2) is 8.74. The van der Waals surface area contributed by atoms with Gasteiger partial charge < -0.3 is 25.6 Å². The van der Waals surface area contributed by atoms with Crippen LogP contribution in [0.5, 0.6) is 0 Å². The van der Waals surface area contributed by atoms with Gasteiger partial charge in [0, 0.05) is 12.5 Å². The van der Waals surface area contributed by atoms with E-state index in [2.05, 4.69) is 10.6 Å². The minimum absolute atomic E-state index is 0.0889. The fourth-order valence-electron chi connectivity index (χ4n) is 4.52. The Kier molecular flexibility index (Phi) is 5.61. The first-order chi connectivity index (χ1) is 16.4. The van der Waals surface area contributed by atoms with Crippen LogP contribution in [-0.2, 0) is 9.53 Å². The Morgan fingerprint density at radius 3 is 2.26 bits per heavy atom. The lowest BCUT2D eigenvalue weighted by Crippen LogP contribution is -2.36. The van der Waals surface area contributed by atoms with E-state index in [1.807, 2.05) is 48.5 Å². The maximum Gasteiger partial charge on any atom is 0.407 e. The van der Waals surface area contributed by atoms with Gasteiger partial charge in [-0.1, -0.05) is 54.6 Å². The molecule has 3 aromatic carbocycles. The van der Waals surface area contributed by atoms with Crippen molar-refractivity contribution in [1.82, 2.24) is 5.32 Å². The molecule has 2 aliphatic rings. The maximum absolute atomic E-state index is 12.3. The summed E-state index contributed by atoms with van der Waals surface area (Å²) in [4.78, 5) is 35.6. The molecule has 3 aromatic rings. The average Bonchev–Trinajstić information content (AvgIpc) is 3.34. The molecule has 172 valence electrons. The van der Waals surface area contributed by atoms with Crippen LogP contribution >= 0.6 is 0 Å². The number of aliphatic hydroxyl groups is 2. The van der Waals surface area contributed by atoms with Gasteiger partial charge in [0.05, 0.1) is 11.3 Å². The zero-order valence-electron chi connectivity index (χ0n) is 18.0. The van der Waals surface area contributed by atoms with Gasteiger partial charge in [-0.15, -0.1) is 0 Å². The van der Waals surface area contributed by atoms with Crippen molar-refractivity contribution < 1.29 is 29.3 Å². The van der Waals surface area contributed by atoms with Gasteiger partial charge in [-0.2, -0.15) is 0 Å². The van der Waals surface area contributed by atoms with Crippen molar-refractivity contribution in [3.05, 3.63) is 89.0 Å². The van der Waals surface area contributed by atoms with Crippen molar-refractivity contribution >= 4 is 23.5 Å². The van der Waals surface area contributed by atoms with Crippen molar-refractivity contribution in [2.75, 3.05) is 18.5 Å². The van der Waals surface area contributed by atoms with Crippen LogP contribution in [0.1, 0.15) is 39.1 Å². The Hall–Kier alpha value is -4.01. The van der Waals surface area contributed by atoms with Gasteiger partial charge in [0.15, 0.2) is 0 Å². The third-order valence-corrected chi connectivity index (χ3v) is 6.25. The van der Waals surface area contributed by atoms with Crippen molar-refractivity contribution in [1.29, 1.82) is 0 Å². The SMILES string of the molecule is O=C(NCC(O)C(O)c1ccc2c(c1)C(=O)C(=O)N2)OCC1c2ccccc2-c2ccccc21. The number of ether oxygens (including phenoxy) is 1. The van der Waals surface area contributed by atoms with Crippen LogP contribution in [0.15, 0.2) is 66.7 Å². The zero-order chi connectivity index (χ0) is 23.8. The molecule has 2 amide bonds. The van der Waals surface area contributed by atoms with E-state index in [1.54, 1.807) is 0 Å². The lowest BCUT2D eigenvalue weighted by atomic mass is 9.98. The molecule has 4 N–H and O–H groups in total. The van der Waals surface area contributed by atoms with Gasteiger partial charge in [0.25, 0.3) is 11.7 Å². The first-order valence-electron chi connectivity index (χ1n) is 10.9. The number of alkyl carbamates (subject to hydrolysis) is 1. The standard InChI is InChI=1S/C26H22N2O6/c29-22(23(30)14-9-10-21-19(11-14)24(31)25(32)28-21)12-27-26(33)34-13-20-17-7-3-1-5-15(17)16-6-2-4-8-18(16)20/h1-11,20,22-23,29-30H,12-13H2,(H,27,33)(H,28,31,32). The number of amides is 2. The monoisotopic (exact) mass is 458 g/mol. The number of nitrogens with one attached hydrogen (secondary N) is 2. The van der Waals surface area contributed by atoms with Crippen LogP contribution in [-0.4, -0.2) is 47.3 Å². The lowest BCUT2D eigenvalue weighted by molar-refractivity contribution is -0.112. The first kappa shape index (κ1) is 21.8. The van der Waals surface area contributed by atoms with E-state index < -0.39 is 30.0 Å². The quantitative estimate of drug-likeness (QED) is 0.421. The number of fused-ring (bicyclic) bond motifs is 4. The number of benzene rings is 3. The highest BCUT2D eigenvalue weighted by Crippen LogP contribution is 2.44. The second-order valence-corrected chi connectivity index (χ2v) is 8.31.